The molecule has 3 amide bonds. The zero-order valence-corrected chi connectivity index (χ0v) is 9.70. The summed E-state index contributed by atoms with van der Waals surface area (Å²) in [7, 11) is 0. The van der Waals surface area contributed by atoms with Crippen LogP contribution < -0.4 is 10.6 Å². The van der Waals surface area contributed by atoms with Gasteiger partial charge in [0.05, 0.1) is 12.6 Å². The van der Waals surface area contributed by atoms with Gasteiger partial charge in [0, 0.05) is 13.2 Å². The Hall–Kier alpha value is -1.14. The second kappa shape index (κ2) is 3.96. The molecule has 17 heavy (non-hydrogen) atoms. The molecule has 3 aliphatic rings. The number of nitrogens with one attached hydrogen (secondary N) is 2. The molecule has 1 spiro atoms. The number of urea groups is 1. The van der Waals surface area contributed by atoms with Crippen molar-refractivity contribution in [3.05, 3.63) is 0 Å². The van der Waals surface area contributed by atoms with Gasteiger partial charge in [-0.2, -0.15) is 0 Å². The average Bonchev–Trinajstić information content (AvgIpc) is 2.99. The molecule has 3 aliphatic heterocycles. The largest absolute Gasteiger partial charge is 0.376 e. The van der Waals surface area contributed by atoms with E-state index in [0.717, 1.165) is 26.0 Å². The van der Waals surface area contributed by atoms with Crippen molar-refractivity contribution in [1.82, 2.24) is 15.5 Å². The molecule has 0 saturated carbocycles. The number of rotatable bonds is 2. The van der Waals surface area contributed by atoms with E-state index in [1.54, 1.807) is 0 Å². The first kappa shape index (κ1) is 11.0. The SMILES string of the molecule is O=C1NC2(CCNC2)C(=O)N1CC1CCCO1. The summed E-state index contributed by atoms with van der Waals surface area (Å²) in [5.41, 5.74) is -0.685. The highest BCUT2D eigenvalue weighted by atomic mass is 16.5. The Morgan fingerprint density at radius 2 is 2.35 bits per heavy atom. The van der Waals surface area contributed by atoms with Gasteiger partial charge in [-0.1, -0.05) is 0 Å². The third-order valence-electron chi connectivity index (χ3n) is 3.81. The van der Waals surface area contributed by atoms with E-state index in [9.17, 15) is 9.59 Å². The topological polar surface area (TPSA) is 70.7 Å². The molecule has 0 radical (unpaired) electrons. The predicted octanol–water partition coefficient (Wildman–Crippen LogP) is -0.551. The third kappa shape index (κ3) is 1.71. The monoisotopic (exact) mass is 239 g/mol. The Morgan fingerprint density at radius 3 is 3.00 bits per heavy atom. The highest BCUT2D eigenvalue weighted by Gasteiger charge is 2.52. The van der Waals surface area contributed by atoms with Crippen molar-refractivity contribution in [2.75, 3.05) is 26.2 Å². The van der Waals surface area contributed by atoms with Gasteiger partial charge in [0.2, 0.25) is 0 Å². The molecule has 2 atom stereocenters. The maximum atomic E-state index is 12.3. The number of ether oxygens (including phenoxy) is 1. The fourth-order valence-corrected chi connectivity index (χ4v) is 2.82. The van der Waals surface area contributed by atoms with Crippen LogP contribution in [-0.4, -0.2) is 54.7 Å². The first-order valence-electron chi connectivity index (χ1n) is 6.18. The molecule has 3 rings (SSSR count). The lowest BCUT2D eigenvalue weighted by Gasteiger charge is -2.20. The molecule has 3 fully saturated rings. The van der Waals surface area contributed by atoms with Crippen LogP contribution in [0.2, 0.25) is 0 Å². The van der Waals surface area contributed by atoms with Gasteiger partial charge in [-0.05, 0) is 25.8 Å². The zero-order valence-electron chi connectivity index (χ0n) is 9.70. The molecule has 6 heteroatoms. The van der Waals surface area contributed by atoms with Crippen LogP contribution in [0.4, 0.5) is 4.79 Å². The molecule has 2 N–H and O–H groups in total. The minimum Gasteiger partial charge on any atom is -0.376 e. The maximum absolute atomic E-state index is 12.3. The van der Waals surface area contributed by atoms with Crippen LogP contribution in [0.25, 0.3) is 0 Å². The second-order valence-electron chi connectivity index (χ2n) is 4.99. The van der Waals surface area contributed by atoms with E-state index in [4.69, 9.17) is 4.74 Å². The van der Waals surface area contributed by atoms with Crippen LogP contribution in [0.15, 0.2) is 0 Å². The number of hydrogen-bond acceptors (Lipinski definition) is 4. The van der Waals surface area contributed by atoms with Crippen LogP contribution in [0.5, 0.6) is 0 Å². The lowest BCUT2D eigenvalue weighted by atomic mass is 9.99. The molecular weight excluding hydrogens is 222 g/mol. The van der Waals surface area contributed by atoms with E-state index in [2.05, 4.69) is 10.6 Å². The van der Waals surface area contributed by atoms with Crippen LogP contribution in [0, 0.1) is 0 Å². The molecule has 2 unspecified atom stereocenters. The van der Waals surface area contributed by atoms with E-state index >= 15 is 0 Å². The molecule has 6 nitrogen and oxygen atoms in total. The Balaban J connectivity index is 1.72. The summed E-state index contributed by atoms with van der Waals surface area (Å²) in [4.78, 5) is 25.4. The summed E-state index contributed by atoms with van der Waals surface area (Å²) in [6.07, 6.45) is 2.65. The summed E-state index contributed by atoms with van der Waals surface area (Å²) in [5, 5.41) is 5.95. The minimum absolute atomic E-state index is 0.0224. The van der Waals surface area contributed by atoms with Crippen molar-refractivity contribution >= 4 is 11.9 Å². The van der Waals surface area contributed by atoms with Crippen molar-refractivity contribution in [1.29, 1.82) is 0 Å². The molecule has 0 aromatic heterocycles. The average molecular weight is 239 g/mol. The summed E-state index contributed by atoms with van der Waals surface area (Å²) < 4.78 is 5.47. The number of nitrogens with zero attached hydrogens (tertiary/aromatic N) is 1. The lowest BCUT2D eigenvalue weighted by molar-refractivity contribution is -0.131. The Labute approximate surface area is 99.7 Å². The number of hydrogen-bond donors (Lipinski definition) is 2. The van der Waals surface area contributed by atoms with Crippen molar-refractivity contribution < 1.29 is 14.3 Å². The fourth-order valence-electron chi connectivity index (χ4n) is 2.82. The van der Waals surface area contributed by atoms with Crippen molar-refractivity contribution in [2.24, 2.45) is 0 Å². The van der Waals surface area contributed by atoms with Gasteiger partial charge in [0.25, 0.3) is 5.91 Å². The van der Waals surface area contributed by atoms with E-state index < -0.39 is 5.54 Å². The van der Waals surface area contributed by atoms with Gasteiger partial charge >= 0.3 is 6.03 Å². The number of imide groups is 1. The second-order valence-corrected chi connectivity index (χ2v) is 4.99. The molecule has 0 aromatic carbocycles. The molecule has 3 saturated heterocycles. The summed E-state index contributed by atoms with van der Waals surface area (Å²) in [6.45, 7) is 2.45. The number of amides is 3. The normalized spacial score (nSPS) is 37.2. The minimum atomic E-state index is -0.685. The molecular formula is C11H17N3O3. The van der Waals surface area contributed by atoms with Gasteiger partial charge in [-0.25, -0.2) is 4.79 Å². The van der Waals surface area contributed by atoms with Crippen LogP contribution in [-0.2, 0) is 9.53 Å². The first-order valence-corrected chi connectivity index (χ1v) is 6.18. The van der Waals surface area contributed by atoms with Crippen LogP contribution >= 0.6 is 0 Å². The molecule has 3 heterocycles. The van der Waals surface area contributed by atoms with Crippen molar-refractivity contribution in [3.63, 3.8) is 0 Å². The van der Waals surface area contributed by atoms with Gasteiger partial charge in [0.15, 0.2) is 0 Å². The van der Waals surface area contributed by atoms with Crippen LogP contribution in [0.1, 0.15) is 19.3 Å². The Kier molecular flexibility index (Phi) is 2.56. The fraction of sp³-hybridized carbons (Fsp3) is 0.818. The highest BCUT2D eigenvalue weighted by Crippen LogP contribution is 2.25. The molecule has 94 valence electrons. The molecule has 0 aromatic rings. The van der Waals surface area contributed by atoms with E-state index in [0.29, 0.717) is 19.5 Å². The third-order valence-corrected chi connectivity index (χ3v) is 3.81. The molecule has 0 aliphatic carbocycles. The summed E-state index contributed by atoms with van der Waals surface area (Å²) >= 11 is 0. The zero-order chi connectivity index (χ0) is 11.9. The number of carbonyl (C=O) groups is 2. The predicted molar refractivity (Wildman–Crippen MR) is 59.4 cm³/mol. The lowest BCUT2D eigenvalue weighted by Crippen LogP contribution is -2.49. The van der Waals surface area contributed by atoms with Crippen molar-refractivity contribution in [3.8, 4) is 0 Å². The number of carbonyl (C=O) groups excluding carboxylic acids is 2. The quantitative estimate of drug-likeness (QED) is 0.634. The Bertz CT molecular complexity index is 346. The summed E-state index contributed by atoms with van der Waals surface area (Å²) in [5.74, 6) is -0.0944. The summed E-state index contributed by atoms with van der Waals surface area (Å²) in [6, 6.07) is -0.269. The first-order chi connectivity index (χ1) is 8.21. The van der Waals surface area contributed by atoms with E-state index in [1.165, 1.54) is 4.90 Å². The standard InChI is InChI=1S/C11H17N3O3/c15-9-11(3-4-12-7-11)13-10(16)14(9)6-8-2-1-5-17-8/h8,12H,1-7H2,(H,13,16). The van der Waals surface area contributed by atoms with Crippen LogP contribution in [0.3, 0.4) is 0 Å². The highest BCUT2D eigenvalue weighted by molar-refractivity contribution is 6.07. The Morgan fingerprint density at radius 1 is 1.47 bits per heavy atom. The van der Waals surface area contributed by atoms with E-state index in [-0.39, 0.29) is 18.0 Å². The van der Waals surface area contributed by atoms with Gasteiger partial charge in [-0.3, -0.25) is 9.69 Å². The van der Waals surface area contributed by atoms with Gasteiger partial charge < -0.3 is 15.4 Å². The molecule has 0 bridgehead atoms. The van der Waals surface area contributed by atoms with Gasteiger partial charge in [-0.15, -0.1) is 0 Å². The van der Waals surface area contributed by atoms with Crippen molar-refractivity contribution in [2.45, 2.75) is 30.9 Å². The van der Waals surface area contributed by atoms with Gasteiger partial charge in [0.1, 0.15) is 5.54 Å². The maximum Gasteiger partial charge on any atom is 0.325 e. The smallest absolute Gasteiger partial charge is 0.325 e. The van der Waals surface area contributed by atoms with E-state index in [1.807, 2.05) is 0 Å².